The van der Waals surface area contributed by atoms with Crippen LogP contribution in [0.4, 0.5) is 11.6 Å². The van der Waals surface area contributed by atoms with E-state index in [4.69, 9.17) is 5.73 Å². The zero-order valence-electron chi connectivity index (χ0n) is 11.8. The van der Waals surface area contributed by atoms with Gasteiger partial charge in [-0.2, -0.15) is 0 Å². The number of rotatable bonds is 3. The predicted molar refractivity (Wildman–Crippen MR) is 82.8 cm³/mol. The number of nitrogens with two attached hydrogens (primary N) is 1. The van der Waals surface area contributed by atoms with E-state index in [-0.39, 0.29) is 0 Å². The van der Waals surface area contributed by atoms with E-state index < -0.39 is 0 Å². The first kappa shape index (κ1) is 13.1. The molecule has 0 aliphatic carbocycles. The highest BCUT2D eigenvalue weighted by Crippen LogP contribution is 2.23. The van der Waals surface area contributed by atoms with Gasteiger partial charge in [-0.05, 0) is 44.0 Å². The van der Waals surface area contributed by atoms with Crippen molar-refractivity contribution in [1.29, 1.82) is 0 Å². The third-order valence-electron chi connectivity index (χ3n) is 3.87. The van der Waals surface area contributed by atoms with E-state index in [1.807, 2.05) is 31.3 Å². The normalized spacial score (nSPS) is 19.1. The van der Waals surface area contributed by atoms with Crippen LogP contribution in [-0.4, -0.2) is 36.6 Å². The molecule has 3 rings (SSSR count). The SMILES string of the molecule is CN(CC1CCCNC1)c1nc2ccccc2nc1N. The first-order valence-corrected chi connectivity index (χ1v) is 7.18. The predicted octanol–water partition coefficient (Wildman–Crippen LogP) is 1.65. The van der Waals surface area contributed by atoms with Crippen molar-refractivity contribution < 1.29 is 0 Å². The largest absolute Gasteiger partial charge is 0.381 e. The van der Waals surface area contributed by atoms with Crippen molar-refractivity contribution in [2.45, 2.75) is 12.8 Å². The number of aromatic nitrogens is 2. The van der Waals surface area contributed by atoms with Gasteiger partial charge in [-0.25, -0.2) is 9.97 Å². The lowest BCUT2D eigenvalue weighted by Crippen LogP contribution is -2.37. The Kier molecular flexibility index (Phi) is 3.69. The molecule has 1 aliphatic rings. The molecule has 2 aromatic rings. The Balaban J connectivity index is 1.82. The van der Waals surface area contributed by atoms with Crippen molar-refractivity contribution >= 4 is 22.7 Å². The third kappa shape index (κ3) is 2.67. The molecule has 1 aliphatic heterocycles. The fraction of sp³-hybridized carbons (Fsp3) is 0.467. The van der Waals surface area contributed by atoms with Crippen molar-refractivity contribution in [3.8, 4) is 0 Å². The van der Waals surface area contributed by atoms with Crippen LogP contribution >= 0.6 is 0 Å². The van der Waals surface area contributed by atoms with Gasteiger partial charge in [0.2, 0.25) is 0 Å². The standard InChI is InChI=1S/C15H21N5/c1-20(10-11-5-4-8-17-9-11)15-14(16)18-12-6-2-3-7-13(12)19-15/h2-3,6-7,11,17H,4-5,8-10H2,1H3,(H2,16,18). The zero-order chi connectivity index (χ0) is 13.9. The summed E-state index contributed by atoms with van der Waals surface area (Å²) >= 11 is 0. The van der Waals surface area contributed by atoms with Gasteiger partial charge in [0.05, 0.1) is 11.0 Å². The second kappa shape index (κ2) is 5.63. The summed E-state index contributed by atoms with van der Waals surface area (Å²) in [7, 11) is 2.05. The summed E-state index contributed by atoms with van der Waals surface area (Å²) in [5, 5.41) is 3.44. The van der Waals surface area contributed by atoms with Crippen molar-refractivity contribution in [3.05, 3.63) is 24.3 Å². The smallest absolute Gasteiger partial charge is 0.171 e. The van der Waals surface area contributed by atoms with E-state index in [0.29, 0.717) is 11.7 Å². The molecule has 2 heterocycles. The number of anilines is 2. The van der Waals surface area contributed by atoms with Crippen LogP contribution in [-0.2, 0) is 0 Å². The van der Waals surface area contributed by atoms with E-state index in [9.17, 15) is 0 Å². The summed E-state index contributed by atoms with van der Waals surface area (Å²) in [6.07, 6.45) is 2.51. The number of nitrogens with one attached hydrogen (secondary N) is 1. The minimum absolute atomic E-state index is 0.509. The van der Waals surface area contributed by atoms with Gasteiger partial charge in [0, 0.05) is 13.6 Å². The van der Waals surface area contributed by atoms with Crippen LogP contribution in [0.25, 0.3) is 11.0 Å². The number of piperidine rings is 1. The second-order valence-corrected chi connectivity index (χ2v) is 5.51. The summed E-state index contributed by atoms with van der Waals surface area (Å²) < 4.78 is 0. The molecule has 0 bridgehead atoms. The van der Waals surface area contributed by atoms with E-state index >= 15 is 0 Å². The molecule has 3 N–H and O–H groups in total. The van der Waals surface area contributed by atoms with Crippen LogP contribution in [0, 0.1) is 5.92 Å². The molecule has 0 amide bonds. The molecule has 1 aromatic carbocycles. The van der Waals surface area contributed by atoms with E-state index in [1.165, 1.54) is 12.8 Å². The number of para-hydroxylation sites is 2. The fourth-order valence-corrected chi connectivity index (χ4v) is 2.84. The summed E-state index contributed by atoms with van der Waals surface area (Å²) in [6.45, 7) is 3.17. The summed E-state index contributed by atoms with van der Waals surface area (Å²) in [4.78, 5) is 11.2. The van der Waals surface area contributed by atoms with Gasteiger partial charge in [-0.3, -0.25) is 0 Å². The molecule has 1 atom stereocenters. The van der Waals surface area contributed by atoms with E-state index in [2.05, 4.69) is 20.2 Å². The van der Waals surface area contributed by atoms with Crippen molar-refractivity contribution in [2.75, 3.05) is 37.3 Å². The lowest BCUT2D eigenvalue weighted by Gasteiger charge is -2.28. The highest BCUT2D eigenvalue weighted by Gasteiger charge is 2.18. The molecule has 1 saturated heterocycles. The number of nitrogens with zero attached hydrogens (tertiary/aromatic N) is 3. The Morgan fingerprint density at radius 3 is 2.75 bits per heavy atom. The first-order valence-electron chi connectivity index (χ1n) is 7.18. The molecule has 106 valence electrons. The molecule has 5 heteroatoms. The Labute approximate surface area is 119 Å². The molecular weight excluding hydrogens is 250 g/mol. The lowest BCUT2D eigenvalue weighted by molar-refractivity contribution is 0.380. The van der Waals surface area contributed by atoms with Gasteiger partial charge < -0.3 is 16.0 Å². The molecule has 5 nitrogen and oxygen atoms in total. The topological polar surface area (TPSA) is 67.1 Å². The van der Waals surface area contributed by atoms with Gasteiger partial charge in [0.25, 0.3) is 0 Å². The minimum Gasteiger partial charge on any atom is -0.381 e. The number of hydrogen-bond donors (Lipinski definition) is 2. The molecule has 0 spiro atoms. The maximum absolute atomic E-state index is 6.06. The van der Waals surface area contributed by atoms with Crippen LogP contribution in [0.15, 0.2) is 24.3 Å². The number of nitrogen functional groups attached to an aromatic ring is 1. The van der Waals surface area contributed by atoms with Crippen LogP contribution in [0.2, 0.25) is 0 Å². The summed E-state index contributed by atoms with van der Waals surface area (Å²) in [6, 6.07) is 7.84. The van der Waals surface area contributed by atoms with Gasteiger partial charge in [0.15, 0.2) is 11.6 Å². The Morgan fingerprint density at radius 1 is 1.30 bits per heavy atom. The Bertz CT molecular complexity index is 592. The summed E-state index contributed by atoms with van der Waals surface area (Å²) in [5.41, 5.74) is 7.80. The quantitative estimate of drug-likeness (QED) is 0.888. The summed E-state index contributed by atoms with van der Waals surface area (Å²) in [5.74, 6) is 1.95. The highest BCUT2D eigenvalue weighted by molar-refractivity contribution is 5.79. The van der Waals surface area contributed by atoms with Crippen molar-refractivity contribution in [3.63, 3.8) is 0 Å². The average Bonchev–Trinajstić information content (AvgIpc) is 2.47. The number of fused-ring (bicyclic) bond motifs is 1. The zero-order valence-corrected chi connectivity index (χ0v) is 11.8. The van der Waals surface area contributed by atoms with Crippen LogP contribution in [0.5, 0.6) is 0 Å². The molecule has 0 saturated carbocycles. The van der Waals surface area contributed by atoms with Crippen molar-refractivity contribution in [2.24, 2.45) is 5.92 Å². The highest BCUT2D eigenvalue weighted by atomic mass is 15.2. The van der Waals surface area contributed by atoms with Gasteiger partial charge in [0.1, 0.15) is 0 Å². The van der Waals surface area contributed by atoms with Crippen LogP contribution in [0.1, 0.15) is 12.8 Å². The molecule has 1 fully saturated rings. The maximum Gasteiger partial charge on any atom is 0.171 e. The Morgan fingerprint density at radius 2 is 2.05 bits per heavy atom. The van der Waals surface area contributed by atoms with Gasteiger partial charge in [-0.15, -0.1) is 0 Å². The molecule has 20 heavy (non-hydrogen) atoms. The average molecular weight is 271 g/mol. The van der Waals surface area contributed by atoms with E-state index in [1.54, 1.807) is 0 Å². The third-order valence-corrected chi connectivity index (χ3v) is 3.87. The monoisotopic (exact) mass is 271 g/mol. The molecule has 1 unspecified atom stereocenters. The second-order valence-electron chi connectivity index (χ2n) is 5.51. The van der Waals surface area contributed by atoms with Crippen LogP contribution < -0.4 is 16.0 Å². The van der Waals surface area contributed by atoms with E-state index in [0.717, 1.165) is 36.5 Å². The lowest BCUT2D eigenvalue weighted by atomic mass is 9.99. The molecular formula is C15H21N5. The van der Waals surface area contributed by atoms with Crippen LogP contribution in [0.3, 0.4) is 0 Å². The fourth-order valence-electron chi connectivity index (χ4n) is 2.84. The number of benzene rings is 1. The first-order chi connectivity index (χ1) is 9.74. The maximum atomic E-state index is 6.06. The molecule has 1 aromatic heterocycles. The molecule has 0 radical (unpaired) electrons. The van der Waals surface area contributed by atoms with Gasteiger partial charge >= 0.3 is 0 Å². The van der Waals surface area contributed by atoms with Crippen molar-refractivity contribution in [1.82, 2.24) is 15.3 Å². The van der Waals surface area contributed by atoms with Gasteiger partial charge in [-0.1, -0.05) is 12.1 Å². The number of hydrogen-bond acceptors (Lipinski definition) is 5. The Hall–Kier alpha value is -1.88. The minimum atomic E-state index is 0.509.